The standard InChI is InChI=1S/C60H74O34/c1-26(64)81-23-37-43(72)51(89-56-47(76)45(74)41(70)34(20-61)84-56)49(78)58(86-37)90-52-50(88-40(69)18-13-29-11-16-32(67)33(19-29)80-3)38(24-82-27(2)65)87-59(53(52)91-57-48(77)46(75)42(71)35(21-62)85-57)94-60(25-83-39(68)17-12-28-9-14-31(66)15-10-28)54(44(73)36(22-63)93-60)92-55(79)30-7-5-4-6-8-30/h4-19,34-38,41-54,56-59,61-63,66-67,70-78H,20-25H2,1-3H3/t34-,35-,36+,37-,38+,41+,42-,43+,44+,45+,46+,47-,48-,49-,50-,51+,52-,53+,54-,56-,57+,58-,59-,60+/m0/s1. The Labute approximate surface area is 533 Å². The number of hydrogen-bond donors (Lipinski definition) is 14. The lowest BCUT2D eigenvalue weighted by Crippen LogP contribution is -2.69. The molecule has 8 rings (SSSR count). The molecule has 518 valence electrons. The molecule has 5 saturated heterocycles. The maximum atomic E-state index is 14.4. The van der Waals surface area contributed by atoms with Crippen LogP contribution in [0.2, 0.25) is 0 Å². The predicted molar refractivity (Wildman–Crippen MR) is 304 cm³/mol. The number of phenolic OH excluding ortho intramolecular Hbond substituents is 2. The molecule has 0 spiro atoms. The molecule has 0 aliphatic carbocycles. The average Bonchev–Trinajstić information content (AvgIpc) is 1.37. The molecule has 94 heavy (non-hydrogen) atoms. The molecule has 34 nitrogen and oxygen atoms in total. The van der Waals surface area contributed by atoms with E-state index in [0.29, 0.717) is 5.56 Å². The molecule has 5 aliphatic rings. The average molecular weight is 1340 g/mol. The second kappa shape index (κ2) is 32.7. The van der Waals surface area contributed by atoms with Crippen molar-refractivity contribution in [3.05, 3.63) is 102 Å². The summed E-state index contributed by atoms with van der Waals surface area (Å²) in [5, 5.41) is 154. The number of phenols is 2. The summed E-state index contributed by atoms with van der Waals surface area (Å²) < 4.78 is 89.0. The van der Waals surface area contributed by atoms with Gasteiger partial charge in [0.2, 0.25) is 5.79 Å². The molecule has 0 unspecified atom stereocenters. The van der Waals surface area contributed by atoms with Crippen LogP contribution in [0.15, 0.2) is 84.9 Å². The minimum absolute atomic E-state index is 0.0402. The molecular formula is C60H74O34. The van der Waals surface area contributed by atoms with Gasteiger partial charge < -0.3 is 143 Å². The Morgan fingerprint density at radius 3 is 1.61 bits per heavy atom. The van der Waals surface area contributed by atoms with Gasteiger partial charge in [0, 0.05) is 26.0 Å². The van der Waals surface area contributed by atoms with Gasteiger partial charge in [0.1, 0.15) is 129 Å². The summed E-state index contributed by atoms with van der Waals surface area (Å²) in [6.45, 7) is -4.50. The number of methoxy groups -OCH3 is 1. The van der Waals surface area contributed by atoms with Crippen molar-refractivity contribution >= 4 is 42.0 Å². The third kappa shape index (κ3) is 17.4. The molecule has 14 N–H and O–H groups in total. The highest BCUT2D eigenvalue weighted by Crippen LogP contribution is 2.43. The number of aliphatic hydroxyl groups excluding tert-OH is 12. The molecule has 0 radical (unpaired) electrons. The molecule has 5 aliphatic heterocycles. The molecule has 3 aromatic carbocycles. The number of ether oxygens (including phenoxy) is 15. The van der Waals surface area contributed by atoms with Crippen molar-refractivity contribution in [2.75, 3.05) is 46.8 Å². The number of rotatable bonds is 25. The normalized spacial score (nSPS) is 36.0. The van der Waals surface area contributed by atoms with Crippen LogP contribution >= 0.6 is 0 Å². The van der Waals surface area contributed by atoms with Crippen molar-refractivity contribution in [3.8, 4) is 17.2 Å². The van der Waals surface area contributed by atoms with Crippen LogP contribution in [-0.4, -0.2) is 295 Å². The van der Waals surface area contributed by atoms with Crippen molar-refractivity contribution < 1.29 is 167 Å². The van der Waals surface area contributed by atoms with Gasteiger partial charge in [-0.2, -0.15) is 0 Å². The van der Waals surface area contributed by atoms with E-state index in [1.165, 1.54) is 79.9 Å². The van der Waals surface area contributed by atoms with Crippen molar-refractivity contribution in [1.82, 2.24) is 0 Å². The maximum absolute atomic E-state index is 14.4. The zero-order chi connectivity index (χ0) is 68.3. The molecule has 0 amide bonds. The molecule has 24 atom stereocenters. The van der Waals surface area contributed by atoms with Crippen LogP contribution in [0, 0.1) is 0 Å². The van der Waals surface area contributed by atoms with Crippen LogP contribution in [-0.2, 0) is 85.5 Å². The first-order valence-electron chi connectivity index (χ1n) is 29.1. The highest BCUT2D eigenvalue weighted by Gasteiger charge is 2.64. The number of carbonyl (C=O) groups is 5. The van der Waals surface area contributed by atoms with E-state index in [9.17, 15) is 95.5 Å². The summed E-state index contributed by atoms with van der Waals surface area (Å²) >= 11 is 0. The van der Waals surface area contributed by atoms with Crippen LogP contribution in [0.25, 0.3) is 12.2 Å². The van der Waals surface area contributed by atoms with E-state index in [2.05, 4.69) is 0 Å². The van der Waals surface area contributed by atoms with Crippen molar-refractivity contribution in [1.29, 1.82) is 0 Å². The molecular weight excluding hydrogens is 1260 g/mol. The van der Waals surface area contributed by atoms with Crippen LogP contribution in [0.3, 0.4) is 0 Å². The predicted octanol–water partition coefficient (Wildman–Crippen LogP) is -4.97. The second-order valence-corrected chi connectivity index (χ2v) is 22.0. The third-order valence-electron chi connectivity index (χ3n) is 15.5. The molecule has 0 aromatic heterocycles. The molecule has 3 aromatic rings. The first kappa shape index (κ1) is 72.9. The summed E-state index contributed by atoms with van der Waals surface area (Å²) in [5.41, 5.74) is 0.408. The summed E-state index contributed by atoms with van der Waals surface area (Å²) in [6, 6.07) is 16.4. The highest BCUT2D eigenvalue weighted by molar-refractivity contribution is 5.90. The zero-order valence-electron chi connectivity index (χ0n) is 50.2. The highest BCUT2D eigenvalue weighted by atomic mass is 16.8. The maximum Gasteiger partial charge on any atom is 0.338 e. The van der Waals surface area contributed by atoms with E-state index < -0.39 is 216 Å². The lowest BCUT2D eigenvalue weighted by atomic mass is 9.95. The summed E-state index contributed by atoms with van der Waals surface area (Å²) in [7, 11) is 1.25. The lowest BCUT2D eigenvalue weighted by Gasteiger charge is -2.51. The number of aromatic hydroxyl groups is 2. The number of esters is 5. The molecule has 5 heterocycles. The summed E-state index contributed by atoms with van der Waals surface area (Å²) in [6.07, 6.45) is -45.8. The fourth-order valence-corrected chi connectivity index (χ4v) is 10.5. The number of hydrogen-bond acceptors (Lipinski definition) is 34. The Bertz CT molecular complexity index is 3060. The fraction of sp³-hybridized carbons (Fsp3) is 0.550. The van der Waals surface area contributed by atoms with Gasteiger partial charge in [0.25, 0.3) is 0 Å². The minimum atomic E-state index is -3.01. The van der Waals surface area contributed by atoms with Crippen molar-refractivity contribution in [2.45, 2.75) is 161 Å². The number of benzene rings is 3. The Hall–Kier alpha value is -6.95. The van der Waals surface area contributed by atoms with Crippen molar-refractivity contribution in [2.24, 2.45) is 0 Å². The van der Waals surface area contributed by atoms with Gasteiger partial charge in [-0.05, 0) is 59.7 Å². The van der Waals surface area contributed by atoms with Crippen LogP contribution in [0.4, 0.5) is 0 Å². The molecule has 0 bridgehead atoms. The SMILES string of the molecule is COc1cc(C=CC(=O)O[C@@H]2[C@H](O[C@@H]3O[C@@H](COC(C)=O)[C@@H](O)[C@@H](O[C@@H]4O[C@@H](CO)[C@@H](O)[C@@H](O)[C@@H]4O)[C@@H]3O)[C@@H](O[C@H]3O[C@@H](CO)[C@H](O)[C@@H](O)[C@@H]3O)[C@H](O[C@@]3(COC(=O)C=Cc4ccc(O)cc4)O[C@H](CO)[C@@H](O)[C@@H]3OC(=O)c3ccccc3)O[C@@H]2COC(C)=O)ccc1O. The van der Waals surface area contributed by atoms with Gasteiger partial charge in [-0.3, -0.25) is 9.59 Å². The fourth-order valence-electron chi connectivity index (χ4n) is 10.5. The van der Waals surface area contributed by atoms with Crippen LogP contribution < -0.4 is 4.74 Å². The van der Waals surface area contributed by atoms with Gasteiger partial charge in [0.15, 0.2) is 48.9 Å². The zero-order valence-corrected chi connectivity index (χ0v) is 50.2. The Morgan fingerprint density at radius 2 is 1.02 bits per heavy atom. The topological polar surface area (TPSA) is 507 Å². The van der Waals surface area contributed by atoms with Gasteiger partial charge in [0.05, 0.1) is 32.5 Å². The Balaban J connectivity index is 1.31. The van der Waals surface area contributed by atoms with E-state index in [0.717, 1.165) is 32.1 Å². The van der Waals surface area contributed by atoms with E-state index in [-0.39, 0.29) is 28.4 Å². The van der Waals surface area contributed by atoms with Gasteiger partial charge in [-0.25, -0.2) is 14.4 Å². The number of aliphatic hydroxyl groups is 12. The summed E-state index contributed by atoms with van der Waals surface area (Å²) in [4.78, 5) is 67.5. The van der Waals surface area contributed by atoms with Crippen molar-refractivity contribution in [3.63, 3.8) is 0 Å². The summed E-state index contributed by atoms with van der Waals surface area (Å²) in [5.74, 6) is -9.21. The number of carbonyl (C=O) groups excluding carboxylic acids is 5. The molecule has 34 heteroatoms. The van der Waals surface area contributed by atoms with E-state index in [1.807, 2.05) is 0 Å². The van der Waals surface area contributed by atoms with E-state index >= 15 is 0 Å². The van der Waals surface area contributed by atoms with E-state index in [1.54, 1.807) is 6.07 Å². The molecule has 0 saturated carbocycles. The Kier molecular flexibility index (Phi) is 25.3. The lowest BCUT2D eigenvalue weighted by molar-refractivity contribution is -0.423. The largest absolute Gasteiger partial charge is 0.508 e. The van der Waals surface area contributed by atoms with Gasteiger partial charge in [-0.15, -0.1) is 0 Å². The first-order valence-corrected chi connectivity index (χ1v) is 29.1. The smallest absolute Gasteiger partial charge is 0.338 e. The van der Waals surface area contributed by atoms with Crippen LogP contribution in [0.5, 0.6) is 17.2 Å². The molecule has 5 fully saturated rings. The monoisotopic (exact) mass is 1340 g/mol. The van der Waals surface area contributed by atoms with E-state index in [4.69, 9.17) is 71.1 Å². The van der Waals surface area contributed by atoms with Gasteiger partial charge >= 0.3 is 29.8 Å². The van der Waals surface area contributed by atoms with Gasteiger partial charge in [-0.1, -0.05) is 36.4 Å². The van der Waals surface area contributed by atoms with Crippen LogP contribution in [0.1, 0.15) is 35.3 Å². The minimum Gasteiger partial charge on any atom is -0.508 e. The third-order valence-corrected chi connectivity index (χ3v) is 15.5. The Morgan fingerprint density at radius 1 is 0.500 bits per heavy atom. The quantitative estimate of drug-likeness (QED) is 0.0215. The second-order valence-electron chi connectivity index (χ2n) is 22.0. The first-order chi connectivity index (χ1) is 44.8.